The van der Waals surface area contributed by atoms with Gasteiger partial charge in [-0.25, -0.2) is 9.97 Å². The zero-order valence-electron chi connectivity index (χ0n) is 10.7. The highest BCUT2D eigenvalue weighted by Crippen LogP contribution is 2.36. The molecule has 112 valence electrons. The molecule has 0 aliphatic heterocycles. The van der Waals surface area contributed by atoms with Crippen LogP contribution in [-0.4, -0.2) is 16.5 Å². The number of aromatic nitrogens is 2. The van der Waals surface area contributed by atoms with Gasteiger partial charge in [0.2, 0.25) is 0 Å². The van der Waals surface area contributed by atoms with E-state index in [0.29, 0.717) is 17.0 Å². The van der Waals surface area contributed by atoms with Crippen LogP contribution in [0.25, 0.3) is 11.3 Å². The molecule has 2 rings (SSSR count). The van der Waals surface area contributed by atoms with Crippen LogP contribution in [0.3, 0.4) is 0 Å². The molecule has 0 amide bonds. The molecule has 1 aromatic heterocycles. The fraction of sp³-hybridized carbons (Fsp3) is 0.231. The number of hydrogen-bond acceptors (Lipinski definition) is 4. The van der Waals surface area contributed by atoms with Crippen molar-refractivity contribution in [2.45, 2.75) is 12.2 Å². The maximum Gasteiger partial charge on any atom is 0.417 e. The third-order valence-corrected chi connectivity index (χ3v) is 3.21. The Balaban J connectivity index is 2.41. The zero-order chi connectivity index (χ0) is 15.6. The summed E-state index contributed by atoms with van der Waals surface area (Å²) >= 11 is 5.69. The van der Waals surface area contributed by atoms with Crippen molar-refractivity contribution in [1.29, 1.82) is 0 Å². The molecule has 0 radical (unpaired) electrons. The highest BCUT2D eigenvalue weighted by Gasteiger charge is 2.33. The Morgan fingerprint density at radius 1 is 1.19 bits per heavy atom. The summed E-state index contributed by atoms with van der Waals surface area (Å²) in [5.41, 5.74) is 11.7. The van der Waals surface area contributed by atoms with E-state index in [-0.39, 0.29) is 11.6 Å². The standard InChI is InChI=1S/C13H12ClF3N4/c14-9-3-7(1-2-8(9)13(15,16)17)11-4-12(10(19)5-18)21-6-20-11/h1-4,6,10H,5,18-19H2. The van der Waals surface area contributed by atoms with Gasteiger partial charge in [0.25, 0.3) is 0 Å². The predicted octanol–water partition coefficient (Wildman–Crippen LogP) is 2.77. The minimum absolute atomic E-state index is 0.199. The Kier molecular flexibility index (Phi) is 4.46. The molecule has 1 atom stereocenters. The number of hydrogen-bond donors (Lipinski definition) is 2. The van der Waals surface area contributed by atoms with Gasteiger partial charge in [0.15, 0.2) is 0 Å². The second-order valence-electron chi connectivity index (χ2n) is 4.36. The highest BCUT2D eigenvalue weighted by molar-refractivity contribution is 6.31. The molecule has 4 nitrogen and oxygen atoms in total. The fourth-order valence-corrected chi connectivity index (χ4v) is 2.05. The molecule has 2 aromatic rings. The SMILES string of the molecule is NCC(N)c1cc(-c2ccc(C(F)(F)F)c(Cl)c2)ncn1. The summed E-state index contributed by atoms with van der Waals surface area (Å²) in [6, 6.07) is 4.55. The molecule has 4 N–H and O–H groups in total. The van der Waals surface area contributed by atoms with Crippen LogP contribution in [0.15, 0.2) is 30.6 Å². The van der Waals surface area contributed by atoms with Crippen LogP contribution in [0, 0.1) is 0 Å². The van der Waals surface area contributed by atoms with E-state index in [0.717, 1.165) is 6.07 Å². The summed E-state index contributed by atoms with van der Waals surface area (Å²) in [5.74, 6) is 0. The number of benzene rings is 1. The molecule has 0 fully saturated rings. The average Bonchev–Trinajstić information content (AvgIpc) is 2.45. The van der Waals surface area contributed by atoms with Gasteiger partial charge in [-0.15, -0.1) is 0 Å². The molecule has 0 bridgehead atoms. The first-order valence-corrected chi connectivity index (χ1v) is 6.35. The first-order chi connectivity index (χ1) is 9.82. The minimum Gasteiger partial charge on any atom is -0.329 e. The van der Waals surface area contributed by atoms with Gasteiger partial charge in [0.1, 0.15) is 6.33 Å². The van der Waals surface area contributed by atoms with Crippen LogP contribution in [0.5, 0.6) is 0 Å². The Hall–Kier alpha value is -1.70. The Bertz CT molecular complexity index is 646. The lowest BCUT2D eigenvalue weighted by Gasteiger charge is -2.11. The third-order valence-electron chi connectivity index (χ3n) is 2.89. The molecule has 0 saturated carbocycles. The number of halogens is 4. The number of alkyl halides is 3. The van der Waals surface area contributed by atoms with Crippen molar-refractivity contribution in [3.05, 3.63) is 46.9 Å². The molecule has 0 aliphatic rings. The molecule has 21 heavy (non-hydrogen) atoms. The summed E-state index contributed by atoms with van der Waals surface area (Å²) < 4.78 is 38.0. The lowest BCUT2D eigenvalue weighted by Crippen LogP contribution is -2.21. The fourth-order valence-electron chi connectivity index (χ4n) is 1.76. The lowest BCUT2D eigenvalue weighted by atomic mass is 10.1. The molecule has 0 aliphatic carbocycles. The van der Waals surface area contributed by atoms with Crippen LogP contribution in [-0.2, 0) is 6.18 Å². The van der Waals surface area contributed by atoms with Crippen LogP contribution in [0.2, 0.25) is 5.02 Å². The average molecular weight is 317 g/mol. The van der Waals surface area contributed by atoms with Crippen LogP contribution >= 0.6 is 11.6 Å². The van der Waals surface area contributed by atoms with E-state index in [1.54, 1.807) is 6.07 Å². The highest BCUT2D eigenvalue weighted by atomic mass is 35.5. The molecule has 1 heterocycles. The quantitative estimate of drug-likeness (QED) is 0.912. The van der Waals surface area contributed by atoms with E-state index >= 15 is 0 Å². The van der Waals surface area contributed by atoms with Gasteiger partial charge in [-0.1, -0.05) is 17.7 Å². The van der Waals surface area contributed by atoms with Gasteiger partial charge in [-0.3, -0.25) is 0 Å². The van der Waals surface area contributed by atoms with Crippen molar-refractivity contribution < 1.29 is 13.2 Å². The minimum atomic E-state index is -4.49. The van der Waals surface area contributed by atoms with Gasteiger partial charge in [0.05, 0.1) is 28.0 Å². The van der Waals surface area contributed by atoms with Crippen molar-refractivity contribution in [2.75, 3.05) is 6.54 Å². The topological polar surface area (TPSA) is 77.8 Å². The molecule has 1 aromatic carbocycles. The van der Waals surface area contributed by atoms with E-state index in [1.165, 1.54) is 18.5 Å². The van der Waals surface area contributed by atoms with Gasteiger partial charge in [-0.05, 0) is 18.2 Å². The van der Waals surface area contributed by atoms with E-state index in [2.05, 4.69) is 9.97 Å². The van der Waals surface area contributed by atoms with Gasteiger partial charge >= 0.3 is 6.18 Å². The summed E-state index contributed by atoms with van der Waals surface area (Å²) in [5, 5.41) is -0.386. The van der Waals surface area contributed by atoms with Crippen LogP contribution < -0.4 is 11.5 Å². The normalized spacial score (nSPS) is 13.2. The zero-order valence-corrected chi connectivity index (χ0v) is 11.5. The lowest BCUT2D eigenvalue weighted by molar-refractivity contribution is -0.137. The number of nitrogens with zero attached hydrogens (tertiary/aromatic N) is 2. The Labute approximate surface area is 124 Å². The maximum atomic E-state index is 12.7. The number of nitrogens with two attached hydrogens (primary N) is 2. The monoisotopic (exact) mass is 316 g/mol. The molecule has 1 unspecified atom stereocenters. The van der Waals surface area contributed by atoms with E-state index in [4.69, 9.17) is 23.1 Å². The summed E-state index contributed by atoms with van der Waals surface area (Å²) in [6.45, 7) is 0.199. The molecule has 0 spiro atoms. The first kappa shape index (κ1) is 15.7. The smallest absolute Gasteiger partial charge is 0.329 e. The van der Waals surface area contributed by atoms with Gasteiger partial charge < -0.3 is 11.5 Å². The van der Waals surface area contributed by atoms with Crippen molar-refractivity contribution in [3.63, 3.8) is 0 Å². The van der Waals surface area contributed by atoms with E-state index in [1.807, 2.05) is 0 Å². The third kappa shape index (κ3) is 3.49. The van der Waals surface area contributed by atoms with Crippen molar-refractivity contribution in [3.8, 4) is 11.3 Å². The van der Waals surface area contributed by atoms with Crippen LogP contribution in [0.4, 0.5) is 13.2 Å². The second-order valence-corrected chi connectivity index (χ2v) is 4.77. The van der Waals surface area contributed by atoms with Crippen molar-refractivity contribution in [1.82, 2.24) is 9.97 Å². The molecule has 0 saturated heterocycles. The molecular formula is C13H12ClF3N4. The summed E-state index contributed by atoms with van der Waals surface area (Å²) in [6.07, 6.45) is -3.21. The first-order valence-electron chi connectivity index (χ1n) is 5.97. The number of rotatable bonds is 3. The van der Waals surface area contributed by atoms with Gasteiger partial charge in [-0.2, -0.15) is 13.2 Å². The van der Waals surface area contributed by atoms with Crippen LogP contribution in [0.1, 0.15) is 17.3 Å². The van der Waals surface area contributed by atoms with Gasteiger partial charge in [0, 0.05) is 12.1 Å². The van der Waals surface area contributed by atoms with E-state index in [9.17, 15) is 13.2 Å². The summed E-state index contributed by atoms with van der Waals surface area (Å²) in [7, 11) is 0. The molecular weight excluding hydrogens is 305 g/mol. The largest absolute Gasteiger partial charge is 0.417 e. The second kappa shape index (κ2) is 5.97. The van der Waals surface area contributed by atoms with Crippen molar-refractivity contribution in [2.24, 2.45) is 11.5 Å². The Morgan fingerprint density at radius 2 is 1.90 bits per heavy atom. The Morgan fingerprint density at radius 3 is 2.48 bits per heavy atom. The van der Waals surface area contributed by atoms with E-state index < -0.39 is 17.8 Å². The predicted molar refractivity (Wildman–Crippen MR) is 73.5 cm³/mol. The molecule has 8 heteroatoms. The van der Waals surface area contributed by atoms with Crippen molar-refractivity contribution >= 4 is 11.6 Å². The summed E-state index contributed by atoms with van der Waals surface area (Å²) in [4.78, 5) is 8.00. The maximum absolute atomic E-state index is 12.7.